The first-order chi connectivity index (χ1) is 41.8. The molecule has 0 radical (unpaired) electrons. The topological polar surface area (TPSA) is 266 Å². The second kappa shape index (κ2) is 29.6. The van der Waals surface area contributed by atoms with E-state index in [0.29, 0.717) is 111 Å². The number of amides is 6. The molecule has 9 rings (SSSR count). The highest BCUT2D eigenvalue weighted by molar-refractivity contribution is 6.15. The van der Waals surface area contributed by atoms with E-state index in [0.717, 1.165) is 45.7 Å². The number of para-hydroxylation sites is 2. The fourth-order valence-electron chi connectivity index (χ4n) is 10.6. The van der Waals surface area contributed by atoms with Crippen LogP contribution < -0.4 is 60.2 Å². The van der Waals surface area contributed by atoms with Gasteiger partial charge in [-0.3, -0.25) is 43.5 Å². The van der Waals surface area contributed by atoms with Gasteiger partial charge in [-0.25, -0.2) is 0 Å². The Labute approximate surface area is 499 Å². The minimum atomic E-state index is -0.608. The molecule has 86 heavy (non-hydrogen) atoms. The van der Waals surface area contributed by atoms with Gasteiger partial charge in [0.2, 0.25) is 23.6 Å². The van der Waals surface area contributed by atoms with Gasteiger partial charge in [0.1, 0.15) is 19.0 Å². The van der Waals surface area contributed by atoms with Crippen LogP contribution in [0, 0.1) is 0 Å². The van der Waals surface area contributed by atoms with Crippen molar-refractivity contribution in [2.45, 2.75) is 64.3 Å². The zero-order chi connectivity index (χ0) is 60.5. The normalized spacial score (nSPS) is 15.1. The van der Waals surface area contributed by atoms with E-state index >= 15 is 0 Å². The van der Waals surface area contributed by atoms with Crippen LogP contribution in [0.1, 0.15) is 69.2 Å². The highest BCUT2D eigenvalue weighted by Gasteiger charge is 2.39. The molecule has 5 aromatic carbocycles. The summed E-state index contributed by atoms with van der Waals surface area (Å²) >= 11 is 0. The zero-order valence-corrected chi connectivity index (χ0v) is 48.8. The van der Waals surface area contributed by atoms with Gasteiger partial charge in [-0.2, -0.15) is 0 Å². The van der Waals surface area contributed by atoms with Crippen molar-refractivity contribution in [3.8, 4) is 23.0 Å². The molecule has 5 N–H and O–H groups in total. The molecule has 23 heteroatoms. The van der Waals surface area contributed by atoms with E-state index in [9.17, 15) is 33.6 Å². The number of hydrogen-bond acceptors (Lipinski definition) is 17. The predicted molar refractivity (Wildman–Crippen MR) is 322 cm³/mol. The van der Waals surface area contributed by atoms with Crippen molar-refractivity contribution in [3.05, 3.63) is 124 Å². The van der Waals surface area contributed by atoms with Crippen LogP contribution in [-0.4, -0.2) is 160 Å². The lowest BCUT2D eigenvalue weighted by molar-refractivity contribution is -0.128. The van der Waals surface area contributed by atoms with Crippen LogP contribution in [0.3, 0.4) is 0 Å². The minimum Gasteiger partial charge on any atom is -0.493 e. The monoisotopic (exact) mass is 1180 g/mol. The van der Waals surface area contributed by atoms with Crippen LogP contribution in [-0.2, 0) is 64.2 Å². The number of ketones is 1. The third kappa shape index (κ3) is 15.6. The molecule has 5 aromatic rings. The van der Waals surface area contributed by atoms with Gasteiger partial charge in [-0.15, -0.1) is 0 Å². The molecule has 0 unspecified atom stereocenters. The quantitative estimate of drug-likeness (QED) is 0.0371. The SMILES string of the molecule is COCCOCCOCCN(CCCC(=O)NCC(=O)NCC(=O)NCC(=O)NCCC(C)=O)c1cc(COc2cc3c(cc2OC)C(=O)N2c4ccccc4C[C@H]2C=N3)cc(COc2cc3c(cc2OC)C(=O)N2c4ccccc4C[C@H]2CN3)c1. The lowest BCUT2D eigenvalue weighted by Gasteiger charge is -2.26. The van der Waals surface area contributed by atoms with E-state index in [-0.39, 0.29) is 75.4 Å². The maximum absolute atomic E-state index is 14.3. The fraction of sp³-hybridized carbons (Fsp3) is 0.397. The Morgan fingerprint density at radius 1 is 0.616 bits per heavy atom. The molecule has 454 valence electrons. The number of nitrogens with one attached hydrogen (secondary N) is 5. The molecule has 0 fully saturated rings. The zero-order valence-electron chi connectivity index (χ0n) is 48.8. The molecule has 23 nitrogen and oxygen atoms in total. The third-order valence-electron chi connectivity index (χ3n) is 15.0. The summed E-state index contributed by atoms with van der Waals surface area (Å²) in [6, 6.07) is 28.3. The van der Waals surface area contributed by atoms with Gasteiger partial charge in [0, 0.05) is 88.0 Å². The number of fused-ring (bicyclic) bond motifs is 8. The molecule has 4 aliphatic rings. The Morgan fingerprint density at radius 2 is 1.20 bits per heavy atom. The van der Waals surface area contributed by atoms with Gasteiger partial charge in [0.05, 0.1) is 101 Å². The standard InChI is InChI=1S/C63H73N9O14/c1-40(73)15-16-64-59(75)35-68-61(77)37-69-60(76)36-67-58(74)14-9-17-70(18-19-83-22-23-84-21-20-80-2)45-25-41(38-85-56-31-50-48(29-54(56)81-3)62(78)71-46(33-65-50)27-43-10-5-7-12-52(43)71)24-42(26-45)39-86-57-32-51-49(30-55(57)82-4)63(79)72-47(34-66-51)28-44-11-6-8-13-53(44)72/h5-8,10-13,24-26,29-33,46-47,66H,9,14-23,27-28,34-39H2,1-4H3,(H,64,75)(H,67,74)(H,68,77)(H,69,76)/t46-,47-/m0/s1. The molecule has 0 saturated heterocycles. The number of ether oxygens (including phenoxy) is 7. The number of aliphatic imine (C=N–C) groups is 1. The number of hydrogen-bond donors (Lipinski definition) is 5. The average molecular weight is 1180 g/mol. The van der Waals surface area contributed by atoms with Crippen LogP contribution >= 0.6 is 0 Å². The molecular weight excluding hydrogens is 1110 g/mol. The Morgan fingerprint density at radius 3 is 1.86 bits per heavy atom. The molecule has 0 bridgehead atoms. The second-order valence-corrected chi connectivity index (χ2v) is 21.0. The smallest absolute Gasteiger partial charge is 0.261 e. The van der Waals surface area contributed by atoms with Crippen LogP contribution in [0.2, 0.25) is 0 Å². The maximum Gasteiger partial charge on any atom is 0.261 e. The molecule has 0 aliphatic carbocycles. The predicted octanol–water partition coefficient (Wildman–Crippen LogP) is 4.86. The first-order valence-electron chi connectivity index (χ1n) is 28.7. The van der Waals surface area contributed by atoms with E-state index in [2.05, 4.69) is 37.6 Å². The van der Waals surface area contributed by atoms with Crippen molar-refractivity contribution in [2.75, 3.05) is 120 Å². The van der Waals surface area contributed by atoms with E-state index in [1.54, 1.807) is 42.5 Å². The van der Waals surface area contributed by atoms with Gasteiger partial charge in [0.25, 0.3) is 11.8 Å². The summed E-state index contributed by atoms with van der Waals surface area (Å²) in [6.45, 7) is 3.68. The van der Waals surface area contributed by atoms with Gasteiger partial charge < -0.3 is 69.5 Å². The van der Waals surface area contributed by atoms with Gasteiger partial charge >= 0.3 is 0 Å². The lowest BCUT2D eigenvalue weighted by atomic mass is 10.1. The molecular formula is C63H73N9O14. The highest BCUT2D eigenvalue weighted by atomic mass is 16.5. The maximum atomic E-state index is 14.3. The summed E-state index contributed by atoms with van der Waals surface area (Å²) in [5.74, 6) is -0.997. The number of carbonyl (C=O) groups excluding carboxylic acids is 7. The largest absolute Gasteiger partial charge is 0.493 e. The summed E-state index contributed by atoms with van der Waals surface area (Å²) in [7, 11) is 4.65. The number of Topliss-reactive ketones (excluding diaryl/α,β-unsaturated/α-hetero) is 1. The number of anilines is 4. The molecule has 6 amide bonds. The van der Waals surface area contributed by atoms with E-state index in [1.165, 1.54) is 21.1 Å². The Hall–Kier alpha value is -9.06. The molecule has 4 aliphatic heterocycles. The molecule has 0 saturated carbocycles. The lowest BCUT2D eigenvalue weighted by Crippen LogP contribution is -2.44. The summed E-state index contributed by atoms with van der Waals surface area (Å²) < 4.78 is 41.7. The molecule has 4 heterocycles. The van der Waals surface area contributed by atoms with Crippen molar-refractivity contribution in [1.29, 1.82) is 0 Å². The average Bonchev–Trinajstić information content (AvgIpc) is 1.83. The first-order valence-corrected chi connectivity index (χ1v) is 28.7. The third-order valence-corrected chi connectivity index (χ3v) is 15.0. The summed E-state index contributed by atoms with van der Waals surface area (Å²) in [5.41, 5.74) is 8.08. The fourth-order valence-corrected chi connectivity index (χ4v) is 10.6. The second-order valence-electron chi connectivity index (χ2n) is 21.0. The summed E-state index contributed by atoms with van der Waals surface area (Å²) in [4.78, 5) is 100. The van der Waals surface area contributed by atoms with Crippen LogP contribution in [0.15, 0.2) is 96.0 Å². The number of benzene rings is 5. The van der Waals surface area contributed by atoms with Crippen molar-refractivity contribution >= 4 is 75.9 Å². The van der Waals surface area contributed by atoms with Crippen molar-refractivity contribution < 1.29 is 66.7 Å². The van der Waals surface area contributed by atoms with Crippen LogP contribution in [0.4, 0.5) is 28.4 Å². The minimum absolute atomic E-state index is 0.0393. The highest BCUT2D eigenvalue weighted by Crippen LogP contribution is 2.43. The molecule has 2 atom stereocenters. The number of carbonyl (C=O) groups is 7. The number of methoxy groups -OCH3 is 3. The van der Waals surface area contributed by atoms with Crippen molar-refractivity contribution in [1.82, 2.24) is 21.3 Å². The summed E-state index contributed by atoms with van der Waals surface area (Å²) in [5, 5.41) is 13.5. The molecule has 0 aromatic heterocycles. The van der Waals surface area contributed by atoms with Crippen molar-refractivity contribution in [3.63, 3.8) is 0 Å². The number of rotatable bonds is 31. The van der Waals surface area contributed by atoms with E-state index in [1.807, 2.05) is 65.6 Å². The Kier molecular flexibility index (Phi) is 21.2. The Bertz CT molecular complexity index is 3340. The first kappa shape index (κ1) is 61.5. The van der Waals surface area contributed by atoms with E-state index < -0.39 is 30.2 Å². The summed E-state index contributed by atoms with van der Waals surface area (Å²) in [6.07, 6.45) is 3.75. The van der Waals surface area contributed by atoms with Gasteiger partial charge in [-0.1, -0.05) is 36.4 Å². The van der Waals surface area contributed by atoms with Crippen molar-refractivity contribution in [2.24, 2.45) is 4.99 Å². The van der Waals surface area contributed by atoms with E-state index in [4.69, 9.17) is 38.2 Å². The van der Waals surface area contributed by atoms with Gasteiger partial charge in [0.15, 0.2) is 23.0 Å². The number of nitrogens with zero attached hydrogens (tertiary/aromatic N) is 4. The van der Waals surface area contributed by atoms with Gasteiger partial charge in [-0.05, 0) is 84.5 Å². The molecule has 0 spiro atoms. The van der Waals surface area contributed by atoms with Crippen LogP contribution in [0.25, 0.3) is 0 Å². The van der Waals surface area contributed by atoms with Crippen LogP contribution in [0.5, 0.6) is 23.0 Å². The Balaban J connectivity index is 0.924.